The third kappa shape index (κ3) is 3.20. The van der Waals surface area contributed by atoms with E-state index in [1.807, 2.05) is 24.3 Å². The zero-order valence-corrected chi connectivity index (χ0v) is 16.0. The molecule has 2 atom stereocenters. The van der Waals surface area contributed by atoms with Gasteiger partial charge in [-0.25, -0.2) is 0 Å². The van der Waals surface area contributed by atoms with Crippen molar-refractivity contribution >= 4 is 34.9 Å². The van der Waals surface area contributed by atoms with Crippen LogP contribution in [0.2, 0.25) is 0 Å². The van der Waals surface area contributed by atoms with Gasteiger partial charge in [-0.1, -0.05) is 36.9 Å². The van der Waals surface area contributed by atoms with E-state index in [2.05, 4.69) is 47.2 Å². The molecule has 5 rings (SSSR count). The van der Waals surface area contributed by atoms with E-state index in [0.717, 1.165) is 28.5 Å². The number of aliphatic imine (C=N–C) groups is 2. The molecule has 0 aromatic heterocycles. The van der Waals surface area contributed by atoms with Gasteiger partial charge < -0.3 is 14.8 Å². The van der Waals surface area contributed by atoms with E-state index in [4.69, 9.17) is 14.5 Å². The molecule has 2 aromatic carbocycles. The molecule has 6 heteroatoms. The van der Waals surface area contributed by atoms with E-state index < -0.39 is 0 Å². The molecule has 0 aliphatic carbocycles. The van der Waals surface area contributed by atoms with Gasteiger partial charge in [0.05, 0.1) is 24.2 Å². The zero-order valence-electron chi connectivity index (χ0n) is 15.2. The van der Waals surface area contributed by atoms with E-state index in [9.17, 15) is 0 Å². The van der Waals surface area contributed by atoms with E-state index in [-0.39, 0.29) is 18.1 Å². The standard InChI is InChI=1S/C22H19N3O2S/c1-2-14-4-3-5-16(8-14)20-10-17-21(28-20)22(25-12-24-17)23-11-15-6-7-18-19(9-15)27-13-26-18/h2-10,12,17,21H,1,11,13H2,(H,23,24,25). The minimum absolute atomic E-state index is 0.101. The molecule has 0 saturated carbocycles. The number of hydrogen-bond donors (Lipinski definition) is 1. The molecule has 0 saturated heterocycles. The van der Waals surface area contributed by atoms with Crippen LogP contribution in [-0.4, -0.2) is 30.3 Å². The molecule has 0 amide bonds. The third-order valence-corrected chi connectivity index (χ3v) is 6.27. The summed E-state index contributed by atoms with van der Waals surface area (Å²) >= 11 is 1.81. The van der Waals surface area contributed by atoms with Crippen LogP contribution in [0.1, 0.15) is 16.7 Å². The molecule has 140 valence electrons. The smallest absolute Gasteiger partial charge is 0.231 e. The highest BCUT2D eigenvalue weighted by Gasteiger charge is 2.34. The lowest BCUT2D eigenvalue weighted by Gasteiger charge is -2.22. The molecule has 2 unspecified atom stereocenters. The van der Waals surface area contributed by atoms with Crippen molar-refractivity contribution < 1.29 is 9.47 Å². The molecule has 0 fully saturated rings. The maximum atomic E-state index is 5.46. The number of rotatable bonds is 4. The summed E-state index contributed by atoms with van der Waals surface area (Å²) in [4.78, 5) is 10.7. The lowest BCUT2D eigenvalue weighted by atomic mass is 10.1. The van der Waals surface area contributed by atoms with Crippen LogP contribution in [0.15, 0.2) is 65.1 Å². The molecule has 3 heterocycles. The van der Waals surface area contributed by atoms with Gasteiger partial charge in [0.1, 0.15) is 5.84 Å². The van der Waals surface area contributed by atoms with Crippen LogP contribution >= 0.6 is 11.8 Å². The summed E-state index contributed by atoms with van der Waals surface area (Å²) in [5.74, 6) is 2.53. The molecule has 1 N–H and O–H groups in total. The summed E-state index contributed by atoms with van der Waals surface area (Å²) in [6, 6.07) is 14.5. The Labute approximate surface area is 167 Å². The van der Waals surface area contributed by atoms with Crippen LogP contribution < -0.4 is 14.8 Å². The van der Waals surface area contributed by atoms with E-state index in [1.54, 1.807) is 18.1 Å². The van der Waals surface area contributed by atoms with Crippen molar-refractivity contribution in [2.24, 2.45) is 9.98 Å². The maximum absolute atomic E-state index is 5.46. The lowest BCUT2D eigenvalue weighted by molar-refractivity contribution is 0.174. The van der Waals surface area contributed by atoms with Crippen LogP contribution in [0.3, 0.4) is 0 Å². The number of amidine groups is 1. The first-order valence-corrected chi connectivity index (χ1v) is 10.0. The SMILES string of the molecule is C=Cc1cccc(C2=CC3N=CNC(=NCc4ccc5c(c4)OCO5)C3S2)c1. The summed E-state index contributed by atoms with van der Waals surface area (Å²) in [5, 5.41) is 3.41. The lowest BCUT2D eigenvalue weighted by Crippen LogP contribution is -2.41. The van der Waals surface area contributed by atoms with E-state index >= 15 is 0 Å². The van der Waals surface area contributed by atoms with Gasteiger partial charge in [-0.15, -0.1) is 11.8 Å². The highest BCUT2D eigenvalue weighted by atomic mass is 32.2. The largest absolute Gasteiger partial charge is 0.454 e. The second kappa shape index (κ2) is 7.20. The van der Waals surface area contributed by atoms with Crippen molar-refractivity contribution in [3.8, 4) is 11.5 Å². The average molecular weight is 389 g/mol. The van der Waals surface area contributed by atoms with Crippen molar-refractivity contribution in [1.82, 2.24) is 5.32 Å². The first-order valence-electron chi connectivity index (χ1n) is 9.12. The molecule has 28 heavy (non-hydrogen) atoms. The number of thioether (sulfide) groups is 1. The van der Waals surface area contributed by atoms with Crippen molar-refractivity contribution in [1.29, 1.82) is 0 Å². The van der Waals surface area contributed by atoms with Crippen LogP contribution in [-0.2, 0) is 6.54 Å². The van der Waals surface area contributed by atoms with Crippen molar-refractivity contribution in [2.75, 3.05) is 6.79 Å². The Morgan fingerprint density at radius 2 is 2.14 bits per heavy atom. The number of nitrogens with one attached hydrogen (secondary N) is 1. The normalized spacial score (nSPS) is 23.3. The predicted molar refractivity (Wildman–Crippen MR) is 115 cm³/mol. The van der Waals surface area contributed by atoms with Crippen LogP contribution in [0, 0.1) is 0 Å². The maximum Gasteiger partial charge on any atom is 0.231 e. The molecular formula is C22H19N3O2S. The van der Waals surface area contributed by atoms with Crippen molar-refractivity contribution in [3.05, 3.63) is 71.8 Å². The fourth-order valence-corrected chi connectivity index (χ4v) is 4.73. The molecule has 0 bridgehead atoms. The van der Waals surface area contributed by atoms with E-state index in [0.29, 0.717) is 6.54 Å². The first kappa shape index (κ1) is 17.1. The average Bonchev–Trinajstić information content (AvgIpc) is 3.39. The zero-order chi connectivity index (χ0) is 18.9. The quantitative estimate of drug-likeness (QED) is 0.855. The number of fused-ring (bicyclic) bond motifs is 2. The predicted octanol–water partition coefficient (Wildman–Crippen LogP) is 4.11. The number of hydrogen-bond acceptors (Lipinski definition) is 5. The monoisotopic (exact) mass is 389 g/mol. The van der Waals surface area contributed by atoms with Crippen molar-refractivity contribution in [2.45, 2.75) is 17.8 Å². The second-order valence-corrected chi connectivity index (χ2v) is 7.88. The number of ether oxygens (including phenoxy) is 2. The summed E-state index contributed by atoms with van der Waals surface area (Å²) in [7, 11) is 0. The molecule has 0 radical (unpaired) electrons. The second-order valence-electron chi connectivity index (χ2n) is 6.70. The Hall–Kier alpha value is -2.99. The Bertz CT molecular complexity index is 1030. The fourth-order valence-electron chi connectivity index (χ4n) is 3.43. The van der Waals surface area contributed by atoms with Crippen LogP contribution in [0.5, 0.6) is 11.5 Å². The Balaban J connectivity index is 1.34. The summed E-state index contributed by atoms with van der Waals surface area (Å²) in [5.41, 5.74) is 3.40. The van der Waals surface area contributed by atoms with Crippen LogP contribution in [0.4, 0.5) is 0 Å². The topological polar surface area (TPSA) is 55.2 Å². The minimum Gasteiger partial charge on any atom is -0.454 e. The first-order chi connectivity index (χ1) is 13.8. The molecule has 5 nitrogen and oxygen atoms in total. The Kier molecular flexibility index (Phi) is 4.41. The minimum atomic E-state index is 0.101. The molecule has 0 spiro atoms. The highest BCUT2D eigenvalue weighted by Crippen LogP contribution is 2.42. The summed E-state index contributed by atoms with van der Waals surface area (Å²) < 4.78 is 10.8. The van der Waals surface area contributed by atoms with Gasteiger partial charge in [0.2, 0.25) is 6.79 Å². The highest BCUT2D eigenvalue weighted by molar-refractivity contribution is 8.09. The van der Waals surface area contributed by atoms with Gasteiger partial charge in [-0.3, -0.25) is 9.98 Å². The van der Waals surface area contributed by atoms with Crippen LogP contribution in [0.25, 0.3) is 11.0 Å². The molecular weight excluding hydrogens is 370 g/mol. The number of nitrogens with zero attached hydrogens (tertiary/aromatic N) is 2. The summed E-state index contributed by atoms with van der Waals surface area (Å²) in [6.45, 7) is 4.73. The van der Waals surface area contributed by atoms with Gasteiger partial charge in [0.15, 0.2) is 11.5 Å². The molecule has 2 aromatic rings. The summed E-state index contributed by atoms with van der Waals surface area (Å²) in [6.07, 6.45) is 5.85. The third-order valence-electron chi connectivity index (χ3n) is 4.89. The molecule has 3 aliphatic heterocycles. The fraction of sp³-hybridized carbons (Fsp3) is 0.182. The van der Waals surface area contributed by atoms with E-state index in [1.165, 1.54) is 10.5 Å². The Morgan fingerprint density at radius 1 is 1.21 bits per heavy atom. The van der Waals surface area contributed by atoms with Gasteiger partial charge in [0, 0.05) is 4.91 Å². The van der Waals surface area contributed by atoms with Gasteiger partial charge in [-0.2, -0.15) is 0 Å². The van der Waals surface area contributed by atoms with Gasteiger partial charge in [-0.05, 0) is 41.0 Å². The van der Waals surface area contributed by atoms with Crippen molar-refractivity contribution in [3.63, 3.8) is 0 Å². The van der Waals surface area contributed by atoms with Gasteiger partial charge in [0.25, 0.3) is 0 Å². The molecule has 3 aliphatic rings. The Morgan fingerprint density at radius 3 is 3.07 bits per heavy atom. The number of benzene rings is 2. The van der Waals surface area contributed by atoms with Gasteiger partial charge >= 0.3 is 0 Å².